The summed E-state index contributed by atoms with van der Waals surface area (Å²) in [5, 5.41) is 7.76. The van der Waals surface area contributed by atoms with Crippen LogP contribution >= 0.6 is 0 Å². The van der Waals surface area contributed by atoms with E-state index in [-0.39, 0.29) is 11.3 Å². The molecule has 1 aromatic rings. The van der Waals surface area contributed by atoms with Crippen molar-refractivity contribution in [2.24, 2.45) is 0 Å². The van der Waals surface area contributed by atoms with Crippen molar-refractivity contribution in [2.45, 2.75) is 46.8 Å². The van der Waals surface area contributed by atoms with Gasteiger partial charge in [0, 0.05) is 0 Å². The first-order chi connectivity index (χ1) is 8.35. The van der Waals surface area contributed by atoms with E-state index in [1.807, 2.05) is 20.8 Å². The molecule has 0 N–H and O–H groups in total. The van der Waals surface area contributed by atoms with Crippen molar-refractivity contribution < 1.29 is 14.3 Å². The molecule has 0 radical (unpaired) electrons. The van der Waals surface area contributed by atoms with Crippen molar-refractivity contribution >= 4 is 5.97 Å². The van der Waals surface area contributed by atoms with Crippen molar-refractivity contribution in [3.05, 3.63) is 11.4 Å². The standard InChI is InChI=1S/C12H21N3O3/c1-6-17-11(16)10-9(2)15(14-13-10)7-8-18-12(3,4)5/h6-8H2,1-5H3. The Morgan fingerprint density at radius 2 is 2.06 bits per heavy atom. The third-order valence-electron chi connectivity index (χ3n) is 2.29. The first-order valence-electron chi connectivity index (χ1n) is 6.06. The number of rotatable bonds is 5. The summed E-state index contributed by atoms with van der Waals surface area (Å²) >= 11 is 0. The summed E-state index contributed by atoms with van der Waals surface area (Å²) in [7, 11) is 0. The average molecular weight is 255 g/mol. The van der Waals surface area contributed by atoms with Crippen LogP contribution in [0.25, 0.3) is 0 Å². The van der Waals surface area contributed by atoms with Crippen LogP contribution in [0.4, 0.5) is 0 Å². The Kier molecular flexibility index (Phi) is 4.84. The fraction of sp³-hybridized carbons (Fsp3) is 0.750. The second-order valence-electron chi connectivity index (χ2n) is 4.93. The van der Waals surface area contributed by atoms with Gasteiger partial charge in [0.1, 0.15) is 0 Å². The average Bonchev–Trinajstić information content (AvgIpc) is 2.59. The highest BCUT2D eigenvalue weighted by molar-refractivity contribution is 5.88. The maximum absolute atomic E-state index is 11.5. The van der Waals surface area contributed by atoms with E-state index in [9.17, 15) is 4.79 Å². The molecule has 1 rings (SSSR count). The Hall–Kier alpha value is -1.43. The van der Waals surface area contributed by atoms with Crippen LogP contribution in [0.2, 0.25) is 0 Å². The molecule has 102 valence electrons. The molecule has 18 heavy (non-hydrogen) atoms. The highest BCUT2D eigenvalue weighted by Gasteiger charge is 2.17. The molecular weight excluding hydrogens is 234 g/mol. The van der Waals surface area contributed by atoms with Crippen molar-refractivity contribution in [1.82, 2.24) is 15.0 Å². The fourth-order valence-electron chi connectivity index (χ4n) is 1.40. The molecule has 0 aliphatic carbocycles. The zero-order chi connectivity index (χ0) is 13.8. The van der Waals surface area contributed by atoms with E-state index in [1.54, 1.807) is 18.5 Å². The third kappa shape index (κ3) is 4.10. The molecule has 6 heteroatoms. The van der Waals surface area contributed by atoms with Gasteiger partial charge >= 0.3 is 5.97 Å². The number of hydrogen-bond donors (Lipinski definition) is 0. The highest BCUT2D eigenvalue weighted by atomic mass is 16.5. The molecule has 0 spiro atoms. The first kappa shape index (κ1) is 14.6. The summed E-state index contributed by atoms with van der Waals surface area (Å²) < 4.78 is 12.1. The summed E-state index contributed by atoms with van der Waals surface area (Å²) in [6.45, 7) is 10.9. The van der Waals surface area contributed by atoms with Gasteiger partial charge in [0.25, 0.3) is 0 Å². The lowest BCUT2D eigenvalue weighted by Gasteiger charge is -2.19. The number of hydrogen-bond acceptors (Lipinski definition) is 5. The molecule has 1 aromatic heterocycles. The number of carbonyl (C=O) groups excluding carboxylic acids is 1. The summed E-state index contributed by atoms with van der Waals surface area (Å²) in [5.41, 5.74) is 0.789. The van der Waals surface area contributed by atoms with E-state index in [0.29, 0.717) is 25.5 Å². The lowest BCUT2D eigenvalue weighted by molar-refractivity contribution is -0.00826. The first-order valence-corrected chi connectivity index (χ1v) is 6.06. The normalized spacial score (nSPS) is 11.6. The van der Waals surface area contributed by atoms with Crippen LogP contribution in [0, 0.1) is 6.92 Å². The van der Waals surface area contributed by atoms with E-state index >= 15 is 0 Å². The molecule has 0 bridgehead atoms. The Bertz CT molecular complexity index is 407. The number of aromatic nitrogens is 3. The smallest absolute Gasteiger partial charge is 0.360 e. The van der Waals surface area contributed by atoms with E-state index in [4.69, 9.17) is 9.47 Å². The molecule has 0 saturated heterocycles. The molecule has 0 unspecified atom stereocenters. The van der Waals surface area contributed by atoms with Gasteiger partial charge in [-0.05, 0) is 34.6 Å². The largest absolute Gasteiger partial charge is 0.461 e. The van der Waals surface area contributed by atoms with Crippen LogP contribution in [-0.2, 0) is 16.0 Å². The quantitative estimate of drug-likeness (QED) is 0.747. The van der Waals surface area contributed by atoms with Crippen molar-refractivity contribution in [3.8, 4) is 0 Å². The van der Waals surface area contributed by atoms with E-state index < -0.39 is 5.97 Å². The van der Waals surface area contributed by atoms with E-state index in [0.717, 1.165) is 0 Å². The molecule has 1 heterocycles. The van der Waals surface area contributed by atoms with Crippen molar-refractivity contribution in [2.75, 3.05) is 13.2 Å². The second-order valence-corrected chi connectivity index (χ2v) is 4.93. The fourth-order valence-corrected chi connectivity index (χ4v) is 1.40. The molecular formula is C12H21N3O3. The Labute approximate surface area is 107 Å². The van der Waals surface area contributed by atoms with Gasteiger partial charge in [-0.2, -0.15) is 0 Å². The van der Waals surface area contributed by atoms with Gasteiger partial charge < -0.3 is 9.47 Å². The second kappa shape index (κ2) is 5.95. The van der Waals surface area contributed by atoms with Crippen LogP contribution in [0.1, 0.15) is 43.9 Å². The van der Waals surface area contributed by atoms with Gasteiger partial charge in [0.2, 0.25) is 0 Å². The van der Waals surface area contributed by atoms with Crippen LogP contribution in [0.3, 0.4) is 0 Å². The van der Waals surface area contributed by atoms with Crippen molar-refractivity contribution in [3.63, 3.8) is 0 Å². The van der Waals surface area contributed by atoms with Crippen LogP contribution in [-0.4, -0.2) is 39.8 Å². The predicted octanol–water partition coefficient (Wildman–Crippen LogP) is 1.58. The van der Waals surface area contributed by atoms with Crippen LogP contribution < -0.4 is 0 Å². The lowest BCUT2D eigenvalue weighted by atomic mass is 10.2. The lowest BCUT2D eigenvalue weighted by Crippen LogP contribution is -2.22. The third-order valence-corrected chi connectivity index (χ3v) is 2.29. The summed E-state index contributed by atoms with van der Waals surface area (Å²) in [6, 6.07) is 0. The Morgan fingerprint density at radius 3 is 2.61 bits per heavy atom. The van der Waals surface area contributed by atoms with Gasteiger partial charge in [-0.15, -0.1) is 5.10 Å². The van der Waals surface area contributed by atoms with Crippen LogP contribution in [0.5, 0.6) is 0 Å². The SMILES string of the molecule is CCOC(=O)c1nnn(CCOC(C)(C)C)c1C. The summed E-state index contributed by atoms with van der Waals surface area (Å²) in [5.74, 6) is -0.432. The molecule has 6 nitrogen and oxygen atoms in total. The Balaban J connectivity index is 2.61. The van der Waals surface area contributed by atoms with Gasteiger partial charge in [-0.25, -0.2) is 9.48 Å². The minimum atomic E-state index is -0.432. The molecule has 0 fully saturated rings. The number of esters is 1. The van der Waals surface area contributed by atoms with Crippen molar-refractivity contribution in [1.29, 1.82) is 0 Å². The molecule has 0 aliphatic rings. The molecule has 0 atom stereocenters. The molecule has 0 saturated carbocycles. The topological polar surface area (TPSA) is 66.2 Å². The molecule has 0 aliphatic heterocycles. The number of ether oxygens (including phenoxy) is 2. The summed E-state index contributed by atoms with van der Waals surface area (Å²) in [6.07, 6.45) is 0. The zero-order valence-electron chi connectivity index (χ0n) is 11.7. The minimum Gasteiger partial charge on any atom is -0.461 e. The number of carbonyl (C=O) groups is 1. The zero-order valence-corrected chi connectivity index (χ0v) is 11.7. The predicted molar refractivity (Wildman–Crippen MR) is 66.4 cm³/mol. The maximum atomic E-state index is 11.5. The monoisotopic (exact) mass is 255 g/mol. The minimum absolute atomic E-state index is 0.182. The highest BCUT2D eigenvalue weighted by Crippen LogP contribution is 2.08. The van der Waals surface area contributed by atoms with Gasteiger partial charge in [0.05, 0.1) is 31.1 Å². The summed E-state index contributed by atoms with van der Waals surface area (Å²) in [4.78, 5) is 11.5. The van der Waals surface area contributed by atoms with E-state index in [2.05, 4.69) is 10.3 Å². The maximum Gasteiger partial charge on any atom is 0.360 e. The van der Waals surface area contributed by atoms with Gasteiger partial charge in [-0.3, -0.25) is 0 Å². The molecule has 0 aromatic carbocycles. The molecule has 0 amide bonds. The van der Waals surface area contributed by atoms with Crippen LogP contribution in [0.15, 0.2) is 0 Å². The van der Waals surface area contributed by atoms with Gasteiger partial charge in [0.15, 0.2) is 5.69 Å². The Morgan fingerprint density at radius 1 is 1.39 bits per heavy atom. The van der Waals surface area contributed by atoms with Gasteiger partial charge in [-0.1, -0.05) is 5.21 Å². The number of nitrogens with zero attached hydrogens (tertiary/aromatic N) is 3. The van der Waals surface area contributed by atoms with E-state index in [1.165, 1.54) is 0 Å².